The third kappa shape index (κ3) is 17.9. The Hall–Kier alpha value is 0.274. The van der Waals surface area contributed by atoms with Crippen molar-refractivity contribution in [3.63, 3.8) is 0 Å². The molecule has 0 aromatic heterocycles. The van der Waals surface area contributed by atoms with Gasteiger partial charge in [-0.25, -0.2) is 12.2 Å². The van der Waals surface area contributed by atoms with Crippen molar-refractivity contribution in [2.75, 3.05) is 14.2 Å². The molecule has 0 heterocycles. The molecular weight excluding hydrogens is 551 g/mol. The average Bonchev–Trinajstić information content (AvgIpc) is 3.15. The van der Waals surface area contributed by atoms with Crippen LogP contribution in [0.15, 0.2) is 35.2 Å². The van der Waals surface area contributed by atoms with E-state index in [9.17, 15) is 0 Å². The number of ether oxygens (including phenoxy) is 2. The van der Waals surface area contributed by atoms with Gasteiger partial charge in [0.05, 0.1) is 14.2 Å². The van der Waals surface area contributed by atoms with E-state index in [4.69, 9.17) is 18.3 Å². The summed E-state index contributed by atoms with van der Waals surface area (Å²) in [6.07, 6.45) is 11.8. The van der Waals surface area contributed by atoms with E-state index in [1.54, 1.807) is 37.6 Å². The first-order valence-corrected chi connectivity index (χ1v) is 21.2. The standard InChI is InChI=1S/2C9H15O2Si.2CH3.2ClH.H2Si.Zr/c2*1-10-8-6-5-7-9(8)11-12(2,3)4;;;;;;/h2*7H,5H2,1-4H3;2*1H3;2*1H;1H2;/q4*-1;;;;. The van der Waals surface area contributed by atoms with E-state index < -0.39 is 16.6 Å². The van der Waals surface area contributed by atoms with Crippen LogP contribution in [-0.2, 0) is 41.7 Å². The van der Waals surface area contributed by atoms with E-state index in [2.05, 4.69) is 51.4 Å². The van der Waals surface area contributed by atoms with Gasteiger partial charge in [0.15, 0.2) is 0 Å². The van der Waals surface area contributed by atoms with Crippen LogP contribution in [0, 0.1) is 27.0 Å². The normalized spacial score (nSPS) is 13.7. The summed E-state index contributed by atoms with van der Waals surface area (Å²) >= 11 is 1.58. The number of hydrogen-bond acceptors (Lipinski definition) is 4. The Labute approximate surface area is 217 Å². The molecule has 0 unspecified atom stereocenters. The Balaban J connectivity index is -0.000000114. The minimum absolute atomic E-state index is 0. The Morgan fingerprint density at radius 1 is 0.733 bits per heavy atom. The predicted octanol–water partition coefficient (Wildman–Crippen LogP) is 5.74. The second-order valence-electron chi connectivity index (χ2n) is 7.39. The quantitative estimate of drug-likeness (QED) is 0.292. The molecule has 2 rings (SSSR count). The Kier molecular flexibility index (Phi) is 27.0. The van der Waals surface area contributed by atoms with Crippen LogP contribution in [0.3, 0.4) is 0 Å². The molecule has 0 saturated carbocycles. The van der Waals surface area contributed by atoms with Crippen LogP contribution in [0.2, 0.25) is 39.3 Å². The molecule has 0 fully saturated rings. The fourth-order valence-corrected chi connectivity index (χ4v) is 3.69. The summed E-state index contributed by atoms with van der Waals surface area (Å²) in [4.78, 5) is 0. The predicted molar refractivity (Wildman–Crippen MR) is 138 cm³/mol. The van der Waals surface area contributed by atoms with Crippen LogP contribution >= 0.6 is 24.8 Å². The summed E-state index contributed by atoms with van der Waals surface area (Å²) in [5, 5.41) is 0. The van der Waals surface area contributed by atoms with Crippen molar-refractivity contribution in [1.29, 1.82) is 0 Å². The van der Waals surface area contributed by atoms with Crippen LogP contribution in [-0.4, -0.2) is 37.7 Å². The average molecular weight is 591 g/mol. The van der Waals surface area contributed by atoms with E-state index in [0.29, 0.717) is 0 Å². The second-order valence-corrected chi connectivity index (χ2v) is 16.3. The number of rotatable bonds is 6. The molecule has 2 aliphatic rings. The Morgan fingerprint density at radius 3 is 1.20 bits per heavy atom. The van der Waals surface area contributed by atoms with Crippen LogP contribution in [0.5, 0.6) is 0 Å². The number of allylic oxidation sites excluding steroid dienone is 4. The van der Waals surface area contributed by atoms with Gasteiger partial charge in [0.25, 0.3) is 0 Å². The van der Waals surface area contributed by atoms with Gasteiger partial charge in [-0.3, -0.25) is 0 Å². The van der Waals surface area contributed by atoms with Gasteiger partial charge in [0.2, 0.25) is 16.6 Å². The molecule has 0 aromatic rings. The summed E-state index contributed by atoms with van der Waals surface area (Å²) in [6.45, 7) is 14.9. The first-order valence-electron chi connectivity index (χ1n) is 8.50. The summed E-state index contributed by atoms with van der Waals surface area (Å²) in [5.74, 6) is 3.27. The molecule has 0 N–H and O–H groups in total. The van der Waals surface area contributed by atoms with Crippen molar-refractivity contribution in [1.82, 2.24) is 0 Å². The topological polar surface area (TPSA) is 36.9 Å². The van der Waals surface area contributed by atoms with Crippen LogP contribution in [0.25, 0.3) is 0 Å². The van der Waals surface area contributed by atoms with Crippen molar-refractivity contribution in [3.05, 3.63) is 62.2 Å². The first-order chi connectivity index (χ1) is 12.1. The molecule has 0 atom stereocenters. The summed E-state index contributed by atoms with van der Waals surface area (Å²) < 4.78 is 21.8. The van der Waals surface area contributed by atoms with Gasteiger partial charge in [0.1, 0.15) is 0 Å². The zero-order valence-electron chi connectivity index (χ0n) is 20.2. The van der Waals surface area contributed by atoms with Crippen molar-refractivity contribution in [2.45, 2.75) is 52.1 Å². The molecule has 4 nitrogen and oxygen atoms in total. The van der Waals surface area contributed by atoms with E-state index in [1.807, 2.05) is 19.0 Å². The fraction of sp³-hybridized carbons (Fsp3) is 0.500. The monoisotopic (exact) mass is 588 g/mol. The van der Waals surface area contributed by atoms with Gasteiger partial charge in [-0.15, -0.1) is 49.8 Å². The number of methoxy groups -OCH3 is 2. The SMILES string of the molecule is COC1=[C-]CC=C1O[Si](C)(C)C.COC1=[C-]CC=C1O[Si](C)(C)C.Cl.Cl.[CH3-].[CH3-].[SiH2]=[Zr]. The molecule has 10 heteroatoms. The number of halogens is 2. The van der Waals surface area contributed by atoms with Gasteiger partial charge in [0, 0.05) is 0 Å². The van der Waals surface area contributed by atoms with Crippen molar-refractivity contribution < 1.29 is 41.7 Å². The van der Waals surface area contributed by atoms with E-state index in [0.717, 1.165) is 35.9 Å². The molecule has 0 aliphatic heterocycles. The molecule has 0 spiro atoms. The van der Waals surface area contributed by atoms with Gasteiger partial charge < -0.3 is 33.2 Å². The van der Waals surface area contributed by atoms with E-state index >= 15 is 0 Å². The van der Waals surface area contributed by atoms with Gasteiger partial charge in [-0.1, -0.05) is 0 Å². The Morgan fingerprint density at radius 2 is 1.00 bits per heavy atom. The first kappa shape index (κ1) is 40.6. The van der Waals surface area contributed by atoms with Crippen molar-refractivity contribution in [3.8, 4) is 0 Å². The summed E-state index contributed by atoms with van der Waals surface area (Å²) in [7, 11) is 0.317. The summed E-state index contributed by atoms with van der Waals surface area (Å²) in [6, 6.07) is 0. The molecule has 178 valence electrons. The maximum atomic E-state index is 5.78. The van der Waals surface area contributed by atoms with Crippen LogP contribution in [0.4, 0.5) is 0 Å². The van der Waals surface area contributed by atoms with Gasteiger partial charge in [-0.2, -0.15) is 0 Å². The minimum atomic E-state index is -1.49. The zero-order chi connectivity index (χ0) is 20.4. The van der Waals surface area contributed by atoms with Crippen LogP contribution in [0.1, 0.15) is 12.8 Å². The third-order valence-electron chi connectivity index (χ3n) is 2.79. The molecule has 0 radical (unpaired) electrons. The molecule has 0 aromatic carbocycles. The fourth-order valence-electron chi connectivity index (χ4n) is 2.01. The van der Waals surface area contributed by atoms with Crippen molar-refractivity contribution in [2.24, 2.45) is 0 Å². The second kappa shape index (κ2) is 19.9. The van der Waals surface area contributed by atoms with E-state index in [1.165, 1.54) is 0 Å². The van der Waals surface area contributed by atoms with Crippen molar-refractivity contribution >= 4 is 48.3 Å². The van der Waals surface area contributed by atoms with Crippen LogP contribution < -0.4 is 0 Å². The van der Waals surface area contributed by atoms with Gasteiger partial charge in [-0.05, 0) is 62.3 Å². The molecule has 2 aliphatic carbocycles. The number of hydrogen-bond donors (Lipinski definition) is 0. The maximum absolute atomic E-state index is 5.78. The van der Waals surface area contributed by atoms with E-state index in [-0.39, 0.29) is 39.7 Å². The molecular formula is C20H40Cl2O4Si3Zr-4. The molecule has 0 saturated heterocycles. The summed E-state index contributed by atoms with van der Waals surface area (Å²) in [5.41, 5.74) is 0. The molecule has 30 heavy (non-hydrogen) atoms. The van der Waals surface area contributed by atoms with Gasteiger partial charge >= 0.3 is 30.2 Å². The Bertz CT molecular complexity index is 532. The molecule has 0 amide bonds. The third-order valence-corrected chi connectivity index (χ3v) is 4.45. The zero-order valence-corrected chi connectivity index (χ0v) is 27.7. The molecule has 0 bridgehead atoms.